The first-order chi connectivity index (χ1) is 7.55. The number of aliphatic hydroxyl groups is 1. The number of aliphatic hydroxyl groups excluding tert-OH is 1. The van der Waals surface area contributed by atoms with Gasteiger partial charge in [0.25, 0.3) is 0 Å². The van der Waals surface area contributed by atoms with Crippen LogP contribution in [-0.2, 0) is 15.2 Å². The molecule has 0 bridgehead atoms. The van der Waals surface area contributed by atoms with Gasteiger partial charge in [-0.05, 0) is 13.0 Å². The van der Waals surface area contributed by atoms with E-state index in [1.54, 1.807) is 6.92 Å². The molecule has 1 aliphatic heterocycles. The Hall–Kier alpha value is -1.44. The number of nitrogen functional groups attached to an aromatic ring is 1. The van der Waals surface area contributed by atoms with Crippen LogP contribution in [0.5, 0.6) is 0 Å². The van der Waals surface area contributed by atoms with Gasteiger partial charge in [-0.15, -0.1) is 0 Å². The first-order valence-electron chi connectivity index (χ1n) is 4.81. The number of nitrogens with two attached hydrogens (primary N) is 1. The lowest BCUT2D eigenvalue weighted by atomic mass is 10.3. The maximum absolute atomic E-state index is 11.6. The molecule has 1 aromatic rings. The summed E-state index contributed by atoms with van der Waals surface area (Å²) in [6.07, 6.45) is 0.780. The van der Waals surface area contributed by atoms with Gasteiger partial charge < -0.3 is 20.3 Å². The minimum Gasteiger partial charge on any atom is -0.391 e. The number of aromatic nitrogens is 2. The van der Waals surface area contributed by atoms with E-state index in [9.17, 15) is 4.79 Å². The fourth-order valence-electron chi connectivity index (χ4n) is 1.59. The summed E-state index contributed by atoms with van der Waals surface area (Å²) in [5.74, 6) is 0.155. The molecule has 0 amide bonds. The molecule has 2 heterocycles. The first kappa shape index (κ1) is 11.1. The van der Waals surface area contributed by atoms with E-state index in [-0.39, 0.29) is 19.0 Å². The molecule has 7 heteroatoms. The predicted molar refractivity (Wildman–Crippen MR) is 54.5 cm³/mol. The number of ether oxygens (including phenoxy) is 2. The van der Waals surface area contributed by atoms with Crippen molar-refractivity contribution in [2.75, 3.05) is 18.9 Å². The monoisotopic (exact) mass is 227 g/mol. The van der Waals surface area contributed by atoms with Crippen molar-refractivity contribution in [2.24, 2.45) is 0 Å². The molecule has 0 aromatic carbocycles. The van der Waals surface area contributed by atoms with Gasteiger partial charge >= 0.3 is 5.69 Å². The summed E-state index contributed by atoms with van der Waals surface area (Å²) in [5, 5.41) is 8.89. The summed E-state index contributed by atoms with van der Waals surface area (Å²) in [5.41, 5.74) is 3.92. The van der Waals surface area contributed by atoms with E-state index in [0.29, 0.717) is 0 Å². The topological polar surface area (TPSA) is 99.6 Å². The molecule has 0 unspecified atom stereocenters. The van der Waals surface area contributed by atoms with Gasteiger partial charge in [-0.25, -0.2) is 4.79 Å². The highest BCUT2D eigenvalue weighted by molar-refractivity contribution is 5.23. The molecule has 0 radical (unpaired) electrons. The summed E-state index contributed by atoms with van der Waals surface area (Å²) in [7, 11) is 0. The zero-order valence-electron chi connectivity index (χ0n) is 8.79. The lowest BCUT2D eigenvalue weighted by molar-refractivity contribution is -0.134. The molecule has 88 valence electrons. The molecule has 2 rings (SSSR count). The molecule has 0 saturated carbocycles. The third-order valence-corrected chi connectivity index (χ3v) is 2.41. The van der Waals surface area contributed by atoms with Crippen molar-refractivity contribution in [3.05, 3.63) is 22.7 Å². The molecule has 1 aromatic heterocycles. The summed E-state index contributed by atoms with van der Waals surface area (Å²) < 4.78 is 11.9. The van der Waals surface area contributed by atoms with E-state index in [1.807, 2.05) is 0 Å². The first-order valence-corrected chi connectivity index (χ1v) is 4.81. The maximum atomic E-state index is 11.6. The van der Waals surface area contributed by atoms with Crippen LogP contribution in [0.2, 0.25) is 0 Å². The zero-order valence-corrected chi connectivity index (χ0v) is 8.79. The Morgan fingerprint density at radius 1 is 1.81 bits per heavy atom. The van der Waals surface area contributed by atoms with Gasteiger partial charge in [-0.3, -0.25) is 4.57 Å². The predicted octanol–water partition coefficient (Wildman–Crippen LogP) is -1.14. The normalized spacial score (nSPS) is 29.5. The zero-order chi connectivity index (χ0) is 11.8. The van der Waals surface area contributed by atoms with Crippen molar-refractivity contribution < 1.29 is 14.6 Å². The van der Waals surface area contributed by atoms with Crippen LogP contribution in [0.4, 0.5) is 5.82 Å². The second kappa shape index (κ2) is 3.85. The molecule has 7 nitrogen and oxygen atoms in total. The van der Waals surface area contributed by atoms with E-state index in [2.05, 4.69) is 4.98 Å². The molecule has 2 atom stereocenters. The largest absolute Gasteiger partial charge is 0.391 e. The molecule has 1 aliphatic rings. The number of hydrogen-bond acceptors (Lipinski definition) is 6. The molecule has 1 saturated heterocycles. The Bertz CT molecular complexity index is 447. The maximum Gasteiger partial charge on any atom is 0.351 e. The Morgan fingerprint density at radius 3 is 3.12 bits per heavy atom. The fourth-order valence-corrected chi connectivity index (χ4v) is 1.59. The van der Waals surface area contributed by atoms with E-state index >= 15 is 0 Å². The lowest BCUT2D eigenvalue weighted by Gasteiger charge is -2.24. The average molecular weight is 227 g/mol. The molecule has 3 N–H and O–H groups in total. The van der Waals surface area contributed by atoms with Crippen LogP contribution >= 0.6 is 0 Å². The van der Waals surface area contributed by atoms with Crippen molar-refractivity contribution in [3.8, 4) is 0 Å². The van der Waals surface area contributed by atoms with Gasteiger partial charge in [0, 0.05) is 6.20 Å². The van der Waals surface area contributed by atoms with E-state index < -0.39 is 17.7 Å². The number of anilines is 1. The van der Waals surface area contributed by atoms with Gasteiger partial charge in [-0.1, -0.05) is 0 Å². The van der Waals surface area contributed by atoms with Crippen LogP contribution < -0.4 is 11.4 Å². The van der Waals surface area contributed by atoms with E-state index in [0.717, 1.165) is 0 Å². The highest BCUT2D eigenvalue weighted by Crippen LogP contribution is 2.26. The second-order valence-corrected chi connectivity index (χ2v) is 3.72. The van der Waals surface area contributed by atoms with Crippen molar-refractivity contribution in [2.45, 2.75) is 18.9 Å². The van der Waals surface area contributed by atoms with Crippen LogP contribution in [0.1, 0.15) is 6.92 Å². The smallest absolute Gasteiger partial charge is 0.351 e. The van der Waals surface area contributed by atoms with Gasteiger partial charge in [0.15, 0.2) is 12.0 Å². The Kier molecular flexibility index (Phi) is 2.66. The highest BCUT2D eigenvalue weighted by atomic mass is 16.7. The van der Waals surface area contributed by atoms with Gasteiger partial charge in [-0.2, -0.15) is 4.98 Å². The molecular weight excluding hydrogens is 214 g/mol. The molecule has 0 aliphatic carbocycles. The van der Waals surface area contributed by atoms with Crippen molar-refractivity contribution >= 4 is 5.82 Å². The van der Waals surface area contributed by atoms with Crippen LogP contribution in [0.15, 0.2) is 17.1 Å². The quantitative estimate of drug-likeness (QED) is 0.662. The van der Waals surface area contributed by atoms with Crippen molar-refractivity contribution in [1.29, 1.82) is 0 Å². The van der Waals surface area contributed by atoms with Gasteiger partial charge in [0.2, 0.25) is 0 Å². The molecule has 0 spiro atoms. The van der Waals surface area contributed by atoms with Gasteiger partial charge in [0.05, 0.1) is 13.2 Å². The summed E-state index contributed by atoms with van der Waals surface area (Å²) >= 11 is 0. The molecule has 1 fully saturated rings. The Balaban J connectivity index is 2.34. The van der Waals surface area contributed by atoms with Crippen LogP contribution in [-0.4, -0.2) is 34.2 Å². The molecular formula is C9H13N3O4. The second-order valence-electron chi connectivity index (χ2n) is 3.72. The van der Waals surface area contributed by atoms with Crippen LogP contribution in [0.25, 0.3) is 0 Å². The van der Waals surface area contributed by atoms with Crippen molar-refractivity contribution in [3.63, 3.8) is 0 Å². The summed E-state index contributed by atoms with van der Waals surface area (Å²) in [4.78, 5) is 15.2. The number of hydrogen-bond donors (Lipinski definition) is 2. The minimum absolute atomic E-state index is 0.155. The summed E-state index contributed by atoms with van der Waals surface area (Å²) in [6.45, 7) is 1.60. The third-order valence-electron chi connectivity index (χ3n) is 2.41. The Morgan fingerprint density at radius 2 is 2.56 bits per heavy atom. The third kappa shape index (κ3) is 1.80. The van der Waals surface area contributed by atoms with E-state index in [4.69, 9.17) is 20.3 Å². The highest BCUT2D eigenvalue weighted by Gasteiger charge is 2.39. The minimum atomic E-state index is -0.953. The van der Waals surface area contributed by atoms with E-state index in [1.165, 1.54) is 16.8 Å². The number of nitrogens with zero attached hydrogens (tertiary/aromatic N) is 2. The van der Waals surface area contributed by atoms with Gasteiger partial charge in [0.1, 0.15) is 5.82 Å². The SMILES string of the molecule is C[C@]1(n2ccc(N)nc2=O)CO[C@H](CO)O1. The Labute approximate surface area is 91.4 Å². The van der Waals surface area contributed by atoms with Crippen LogP contribution in [0.3, 0.4) is 0 Å². The average Bonchev–Trinajstić information content (AvgIpc) is 2.61. The molecule has 16 heavy (non-hydrogen) atoms. The fraction of sp³-hybridized carbons (Fsp3) is 0.556. The number of rotatable bonds is 2. The summed E-state index contributed by atoms with van der Waals surface area (Å²) in [6, 6.07) is 1.50. The lowest BCUT2D eigenvalue weighted by Crippen LogP contribution is -2.42. The van der Waals surface area contributed by atoms with Crippen LogP contribution in [0, 0.1) is 0 Å². The standard InChI is InChI=1S/C9H13N3O4/c1-9(5-15-7(4-13)16-9)12-3-2-6(10)11-8(12)14/h2-3,7,13H,4-5H2,1H3,(H2,10,11,14)/t7-,9+/m0/s1. The van der Waals surface area contributed by atoms with Crippen molar-refractivity contribution in [1.82, 2.24) is 9.55 Å².